The third-order valence-corrected chi connectivity index (χ3v) is 3.58. The van der Waals surface area contributed by atoms with Gasteiger partial charge in [-0.15, -0.1) is 0 Å². The molecule has 0 fully saturated rings. The number of Topliss-reactive ketones (excluding diaryl/α,β-unsaturated/α-hetero) is 1. The van der Waals surface area contributed by atoms with Crippen LogP contribution in [0.1, 0.15) is 29.6 Å². The van der Waals surface area contributed by atoms with Crippen molar-refractivity contribution in [1.29, 1.82) is 0 Å². The maximum Gasteiger partial charge on any atom is 0.224 e. The highest BCUT2D eigenvalue weighted by Crippen LogP contribution is 2.29. The summed E-state index contributed by atoms with van der Waals surface area (Å²) in [6, 6.07) is 14.3. The highest BCUT2D eigenvalue weighted by atomic mass is 16.5. The minimum Gasteiger partial charge on any atom is -0.497 e. The third-order valence-electron chi connectivity index (χ3n) is 3.58. The molecule has 0 spiro atoms. The maximum atomic E-state index is 12.1. The van der Waals surface area contributed by atoms with Crippen LogP contribution in [0.3, 0.4) is 0 Å². The monoisotopic (exact) mass is 327 g/mol. The van der Waals surface area contributed by atoms with Crippen molar-refractivity contribution < 1.29 is 19.1 Å². The number of rotatable bonds is 8. The molecule has 1 N–H and O–H groups in total. The molecule has 0 radical (unpaired) electrons. The first kappa shape index (κ1) is 17.5. The lowest BCUT2D eigenvalue weighted by molar-refractivity contribution is -0.116. The summed E-state index contributed by atoms with van der Waals surface area (Å²) >= 11 is 0. The molecular weight excluding hydrogens is 306 g/mol. The Balaban J connectivity index is 1.86. The quantitative estimate of drug-likeness (QED) is 0.751. The Bertz CT molecular complexity index is 698. The van der Waals surface area contributed by atoms with Gasteiger partial charge in [0.1, 0.15) is 11.5 Å². The number of carbonyl (C=O) groups is 2. The molecule has 2 aromatic rings. The molecule has 0 atom stereocenters. The fourth-order valence-corrected chi connectivity index (χ4v) is 2.30. The second kappa shape index (κ2) is 8.72. The van der Waals surface area contributed by atoms with E-state index in [2.05, 4.69) is 5.32 Å². The minimum atomic E-state index is -0.164. The van der Waals surface area contributed by atoms with Gasteiger partial charge in [-0.3, -0.25) is 9.59 Å². The summed E-state index contributed by atoms with van der Waals surface area (Å²) in [5.41, 5.74) is 1.23. The first-order valence-corrected chi connectivity index (χ1v) is 7.74. The maximum absolute atomic E-state index is 12.1. The van der Waals surface area contributed by atoms with E-state index in [0.717, 1.165) is 0 Å². The molecule has 0 bridgehead atoms. The van der Waals surface area contributed by atoms with Gasteiger partial charge in [-0.05, 0) is 18.6 Å². The smallest absolute Gasteiger partial charge is 0.224 e. The van der Waals surface area contributed by atoms with Crippen LogP contribution in [0.25, 0.3) is 0 Å². The van der Waals surface area contributed by atoms with Crippen molar-refractivity contribution in [3.8, 4) is 11.5 Å². The highest BCUT2D eigenvalue weighted by molar-refractivity contribution is 5.97. The normalized spacial score (nSPS) is 10.1. The standard InChI is InChI=1S/C19H21NO4/c1-23-15-11-12-18(24-2)16(13-15)20-19(22)10-6-9-17(21)14-7-4-3-5-8-14/h3-5,7-8,11-13H,6,9-10H2,1-2H3,(H,20,22). The van der Waals surface area contributed by atoms with Gasteiger partial charge in [-0.1, -0.05) is 30.3 Å². The lowest BCUT2D eigenvalue weighted by Gasteiger charge is -2.11. The van der Waals surface area contributed by atoms with Crippen LogP contribution in [0.5, 0.6) is 11.5 Å². The Morgan fingerprint density at radius 2 is 1.71 bits per heavy atom. The van der Waals surface area contributed by atoms with E-state index < -0.39 is 0 Å². The molecule has 5 nitrogen and oxygen atoms in total. The molecule has 0 saturated carbocycles. The average Bonchev–Trinajstić information content (AvgIpc) is 2.62. The number of hydrogen-bond donors (Lipinski definition) is 1. The van der Waals surface area contributed by atoms with Gasteiger partial charge in [-0.2, -0.15) is 0 Å². The van der Waals surface area contributed by atoms with Crippen molar-refractivity contribution >= 4 is 17.4 Å². The van der Waals surface area contributed by atoms with Gasteiger partial charge in [0.25, 0.3) is 0 Å². The number of benzene rings is 2. The second-order valence-electron chi connectivity index (χ2n) is 5.26. The fourth-order valence-electron chi connectivity index (χ4n) is 2.30. The van der Waals surface area contributed by atoms with Gasteiger partial charge < -0.3 is 14.8 Å². The predicted molar refractivity (Wildman–Crippen MR) is 92.8 cm³/mol. The molecule has 1 amide bonds. The van der Waals surface area contributed by atoms with Crippen LogP contribution in [0.4, 0.5) is 5.69 Å². The molecular formula is C19H21NO4. The van der Waals surface area contributed by atoms with Crippen molar-refractivity contribution in [3.05, 3.63) is 54.1 Å². The molecule has 0 aromatic heterocycles. The van der Waals surface area contributed by atoms with Crippen molar-refractivity contribution in [3.63, 3.8) is 0 Å². The molecule has 24 heavy (non-hydrogen) atoms. The summed E-state index contributed by atoms with van der Waals surface area (Å²) in [6.07, 6.45) is 1.09. The van der Waals surface area contributed by atoms with Crippen molar-refractivity contribution in [2.45, 2.75) is 19.3 Å². The Morgan fingerprint density at radius 1 is 0.958 bits per heavy atom. The summed E-state index contributed by atoms with van der Waals surface area (Å²) < 4.78 is 10.4. The van der Waals surface area contributed by atoms with Gasteiger partial charge in [0, 0.05) is 24.5 Å². The molecule has 0 saturated heterocycles. The summed E-state index contributed by atoms with van der Waals surface area (Å²) in [5, 5.41) is 2.79. The molecule has 0 aliphatic carbocycles. The average molecular weight is 327 g/mol. The van der Waals surface area contributed by atoms with E-state index in [1.165, 1.54) is 7.11 Å². The zero-order valence-electron chi connectivity index (χ0n) is 13.9. The number of carbonyl (C=O) groups excluding carboxylic acids is 2. The fraction of sp³-hybridized carbons (Fsp3) is 0.263. The summed E-state index contributed by atoms with van der Waals surface area (Å²) in [5.74, 6) is 1.07. The van der Waals surface area contributed by atoms with Crippen molar-refractivity contribution in [2.75, 3.05) is 19.5 Å². The third kappa shape index (κ3) is 4.84. The van der Waals surface area contributed by atoms with Crippen molar-refractivity contribution in [1.82, 2.24) is 0 Å². The van der Waals surface area contributed by atoms with E-state index in [9.17, 15) is 9.59 Å². The van der Waals surface area contributed by atoms with Gasteiger partial charge in [0.15, 0.2) is 5.78 Å². The Labute approximate surface area is 141 Å². The molecule has 0 unspecified atom stereocenters. The van der Waals surface area contributed by atoms with Gasteiger partial charge in [0.2, 0.25) is 5.91 Å². The zero-order chi connectivity index (χ0) is 17.4. The molecule has 0 heterocycles. The largest absolute Gasteiger partial charge is 0.497 e. The first-order valence-electron chi connectivity index (χ1n) is 7.74. The number of anilines is 1. The van der Waals surface area contributed by atoms with E-state index >= 15 is 0 Å². The molecule has 0 aliphatic heterocycles. The van der Waals surface area contributed by atoms with E-state index in [-0.39, 0.29) is 18.1 Å². The van der Waals surface area contributed by atoms with E-state index in [0.29, 0.717) is 35.6 Å². The lowest BCUT2D eigenvalue weighted by Crippen LogP contribution is -2.13. The first-order chi connectivity index (χ1) is 11.6. The van der Waals surface area contributed by atoms with Crippen LogP contribution < -0.4 is 14.8 Å². The van der Waals surface area contributed by atoms with Gasteiger partial charge in [-0.25, -0.2) is 0 Å². The van der Waals surface area contributed by atoms with Crippen LogP contribution in [0.15, 0.2) is 48.5 Å². The number of methoxy groups -OCH3 is 2. The number of amides is 1. The molecule has 126 valence electrons. The number of ether oxygens (including phenoxy) is 2. The van der Waals surface area contributed by atoms with E-state index in [1.807, 2.05) is 18.2 Å². The lowest BCUT2D eigenvalue weighted by atomic mass is 10.1. The Morgan fingerprint density at radius 3 is 2.38 bits per heavy atom. The van der Waals surface area contributed by atoms with Crippen LogP contribution in [-0.4, -0.2) is 25.9 Å². The Hall–Kier alpha value is -2.82. The molecule has 2 aromatic carbocycles. The topological polar surface area (TPSA) is 64.6 Å². The molecule has 5 heteroatoms. The SMILES string of the molecule is COc1ccc(OC)c(NC(=O)CCCC(=O)c2ccccc2)c1. The summed E-state index contributed by atoms with van der Waals surface area (Å²) in [6.45, 7) is 0. The molecule has 2 rings (SSSR count). The highest BCUT2D eigenvalue weighted by Gasteiger charge is 2.11. The predicted octanol–water partition coefficient (Wildman–Crippen LogP) is 3.70. The summed E-state index contributed by atoms with van der Waals surface area (Å²) in [7, 11) is 3.10. The van der Waals surface area contributed by atoms with Gasteiger partial charge in [0.05, 0.1) is 19.9 Å². The van der Waals surface area contributed by atoms with Crippen LogP contribution >= 0.6 is 0 Å². The van der Waals surface area contributed by atoms with Crippen molar-refractivity contribution in [2.24, 2.45) is 0 Å². The van der Waals surface area contributed by atoms with E-state index in [1.54, 1.807) is 37.4 Å². The van der Waals surface area contributed by atoms with Crippen LogP contribution in [-0.2, 0) is 4.79 Å². The number of ketones is 1. The second-order valence-corrected chi connectivity index (χ2v) is 5.26. The zero-order valence-corrected chi connectivity index (χ0v) is 13.9. The van der Waals surface area contributed by atoms with E-state index in [4.69, 9.17) is 9.47 Å². The van der Waals surface area contributed by atoms with Crippen LogP contribution in [0, 0.1) is 0 Å². The summed E-state index contributed by atoms with van der Waals surface area (Å²) in [4.78, 5) is 24.1. The number of nitrogens with one attached hydrogen (secondary N) is 1. The van der Waals surface area contributed by atoms with Gasteiger partial charge >= 0.3 is 0 Å². The molecule has 0 aliphatic rings. The Kier molecular flexibility index (Phi) is 6.37. The van der Waals surface area contributed by atoms with Crippen LogP contribution in [0.2, 0.25) is 0 Å². The number of hydrogen-bond acceptors (Lipinski definition) is 4. The minimum absolute atomic E-state index is 0.0439.